The van der Waals surface area contributed by atoms with Crippen molar-refractivity contribution in [1.29, 1.82) is 0 Å². The van der Waals surface area contributed by atoms with Crippen LogP contribution in [0, 0.1) is 5.92 Å². The zero-order valence-corrected chi connectivity index (χ0v) is 14.7. The number of nitrogens with one attached hydrogen (secondary N) is 1. The molecule has 0 aliphatic carbocycles. The molecule has 1 rings (SSSR count). The fraction of sp³-hybridized carbons (Fsp3) is 0.625. The van der Waals surface area contributed by atoms with E-state index in [2.05, 4.69) is 28.2 Å². The van der Waals surface area contributed by atoms with Crippen LogP contribution >= 0.6 is 15.9 Å². The number of hydrogen-bond acceptors (Lipinski definition) is 4. The number of benzene rings is 1. The monoisotopic (exact) mass is 359 g/mol. The first-order valence-corrected chi connectivity index (χ1v) is 8.17. The molecule has 4 nitrogen and oxygen atoms in total. The van der Waals surface area contributed by atoms with Crippen LogP contribution in [-0.4, -0.2) is 32.5 Å². The van der Waals surface area contributed by atoms with Crippen LogP contribution in [0.4, 0.5) is 0 Å². The molecule has 0 radical (unpaired) electrons. The molecule has 0 amide bonds. The minimum absolute atomic E-state index is 0.256. The Labute approximate surface area is 136 Å². The predicted octanol–water partition coefficient (Wildman–Crippen LogP) is 3.35. The predicted molar refractivity (Wildman–Crippen MR) is 89.1 cm³/mol. The van der Waals surface area contributed by atoms with E-state index in [-0.39, 0.29) is 6.61 Å². The van der Waals surface area contributed by atoms with Gasteiger partial charge < -0.3 is 19.9 Å². The Morgan fingerprint density at radius 3 is 2.43 bits per heavy atom. The van der Waals surface area contributed by atoms with Crippen molar-refractivity contribution in [2.45, 2.75) is 32.7 Å². The normalized spacial score (nSPS) is 12.2. The first-order valence-electron chi connectivity index (χ1n) is 7.38. The molecule has 0 bridgehead atoms. The van der Waals surface area contributed by atoms with Crippen LogP contribution in [-0.2, 0) is 6.54 Å². The van der Waals surface area contributed by atoms with Crippen molar-refractivity contribution in [3.63, 3.8) is 0 Å². The van der Waals surface area contributed by atoms with Crippen LogP contribution in [0.3, 0.4) is 0 Å². The van der Waals surface area contributed by atoms with E-state index in [1.54, 1.807) is 14.2 Å². The molecule has 2 N–H and O–H groups in total. The summed E-state index contributed by atoms with van der Waals surface area (Å²) in [5, 5.41) is 12.5. The van der Waals surface area contributed by atoms with Crippen LogP contribution in [0.2, 0.25) is 0 Å². The third-order valence-corrected chi connectivity index (χ3v) is 4.27. The van der Waals surface area contributed by atoms with Gasteiger partial charge in [-0.2, -0.15) is 0 Å². The van der Waals surface area contributed by atoms with E-state index in [0.29, 0.717) is 5.92 Å². The van der Waals surface area contributed by atoms with Crippen LogP contribution < -0.4 is 14.8 Å². The minimum Gasteiger partial charge on any atom is -0.493 e. The quantitative estimate of drug-likeness (QED) is 0.672. The van der Waals surface area contributed by atoms with Crippen molar-refractivity contribution < 1.29 is 14.6 Å². The Bertz CT molecular complexity index is 420. The topological polar surface area (TPSA) is 50.7 Å². The maximum absolute atomic E-state index is 9.08. The average Bonchev–Trinajstić information content (AvgIpc) is 2.48. The summed E-state index contributed by atoms with van der Waals surface area (Å²) in [6, 6.07) is 3.91. The number of aliphatic hydroxyl groups excluding tert-OH is 1. The van der Waals surface area contributed by atoms with E-state index in [1.165, 1.54) is 0 Å². The number of hydrogen-bond donors (Lipinski definition) is 2. The summed E-state index contributed by atoms with van der Waals surface area (Å²) >= 11 is 3.56. The summed E-state index contributed by atoms with van der Waals surface area (Å²) in [4.78, 5) is 0. The Balaban J connectivity index is 2.62. The van der Waals surface area contributed by atoms with E-state index < -0.39 is 0 Å². The van der Waals surface area contributed by atoms with Gasteiger partial charge in [0.05, 0.1) is 14.2 Å². The lowest BCUT2D eigenvalue weighted by Crippen LogP contribution is -2.23. The summed E-state index contributed by atoms with van der Waals surface area (Å²) in [5.41, 5.74) is 1.13. The minimum atomic E-state index is 0.256. The largest absolute Gasteiger partial charge is 0.493 e. The zero-order chi connectivity index (χ0) is 15.7. The maximum Gasteiger partial charge on any atom is 0.161 e. The first-order chi connectivity index (χ1) is 10.2. The highest BCUT2D eigenvalue weighted by Crippen LogP contribution is 2.33. The molecule has 0 heterocycles. The van der Waals surface area contributed by atoms with Crippen LogP contribution in [0.1, 0.15) is 31.7 Å². The Kier molecular flexibility index (Phi) is 8.73. The number of aliphatic hydroxyl groups is 1. The van der Waals surface area contributed by atoms with E-state index in [4.69, 9.17) is 14.6 Å². The zero-order valence-electron chi connectivity index (χ0n) is 13.1. The molecule has 1 atom stereocenters. The SMILES string of the molecule is CCCC(CCO)CNCc1cc(OC)c(OC)cc1Br. The molecule has 120 valence electrons. The molecule has 1 aromatic carbocycles. The molecule has 21 heavy (non-hydrogen) atoms. The highest BCUT2D eigenvalue weighted by molar-refractivity contribution is 9.10. The highest BCUT2D eigenvalue weighted by atomic mass is 79.9. The fourth-order valence-corrected chi connectivity index (χ4v) is 2.84. The molecule has 0 spiro atoms. The van der Waals surface area contributed by atoms with Gasteiger partial charge in [0.15, 0.2) is 11.5 Å². The summed E-state index contributed by atoms with van der Waals surface area (Å²) in [6.45, 7) is 4.10. The third-order valence-electron chi connectivity index (χ3n) is 3.54. The Morgan fingerprint density at radius 1 is 1.19 bits per heavy atom. The number of methoxy groups -OCH3 is 2. The average molecular weight is 360 g/mol. The van der Waals surface area contributed by atoms with Gasteiger partial charge in [0.2, 0.25) is 0 Å². The Morgan fingerprint density at radius 2 is 1.86 bits per heavy atom. The van der Waals surface area contributed by atoms with E-state index in [0.717, 1.165) is 53.9 Å². The molecule has 0 saturated carbocycles. The standard InChI is InChI=1S/C16H26BrNO3/c1-4-5-12(6-7-19)10-18-11-13-8-15(20-2)16(21-3)9-14(13)17/h8-9,12,18-19H,4-7,10-11H2,1-3H3. The molecule has 1 unspecified atom stereocenters. The summed E-state index contributed by atoms with van der Waals surface area (Å²) < 4.78 is 11.6. The van der Waals surface area contributed by atoms with Crippen LogP contribution in [0.15, 0.2) is 16.6 Å². The summed E-state index contributed by atoms with van der Waals surface area (Å²) in [5.74, 6) is 1.98. The molecule has 0 fully saturated rings. The number of ether oxygens (including phenoxy) is 2. The summed E-state index contributed by atoms with van der Waals surface area (Å²) in [6.07, 6.45) is 3.14. The highest BCUT2D eigenvalue weighted by Gasteiger charge is 2.11. The van der Waals surface area contributed by atoms with Crippen molar-refractivity contribution >= 4 is 15.9 Å². The first kappa shape index (κ1) is 18.3. The molecule has 0 saturated heterocycles. The molecule has 1 aromatic rings. The second kappa shape index (κ2) is 10.0. The van der Waals surface area contributed by atoms with Crippen LogP contribution in [0.5, 0.6) is 11.5 Å². The smallest absolute Gasteiger partial charge is 0.161 e. The molecular weight excluding hydrogens is 334 g/mol. The van der Waals surface area contributed by atoms with Crippen molar-refractivity contribution in [2.75, 3.05) is 27.4 Å². The van der Waals surface area contributed by atoms with Gasteiger partial charge in [0.1, 0.15) is 0 Å². The Hall–Kier alpha value is -0.780. The maximum atomic E-state index is 9.08. The summed E-state index contributed by atoms with van der Waals surface area (Å²) in [7, 11) is 3.27. The van der Waals surface area contributed by atoms with E-state index in [9.17, 15) is 0 Å². The van der Waals surface area contributed by atoms with Gasteiger partial charge in [-0.3, -0.25) is 0 Å². The lowest BCUT2D eigenvalue weighted by molar-refractivity contribution is 0.248. The van der Waals surface area contributed by atoms with Gasteiger partial charge in [-0.25, -0.2) is 0 Å². The lowest BCUT2D eigenvalue weighted by Gasteiger charge is -2.17. The third kappa shape index (κ3) is 5.85. The van der Waals surface area contributed by atoms with Crippen molar-refractivity contribution in [2.24, 2.45) is 5.92 Å². The second-order valence-electron chi connectivity index (χ2n) is 5.10. The number of halogens is 1. The van der Waals surface area contributed by atoms with Crippen LogP contribution in [0.25, 0.3) is 0 Å². The van der Waals surface area contributed by atoms with Crippen molar-refractivity contribution in [3.05, 3.63) is 22.2 Å². The van der Waals surface area contributed by atoms with Gasteiger partial charge in [-0.15, -0.1) is 0 Å². The molecule has 0 aliphatic rings. The fourth-order valence-electron chi connectivity index (χ4n) is 2.38. The van der Waals surface area contributed by atoms with Gasteiger partial charge in [0.25, 0.3) is 0 Å². The van der Waals surface area contributed by atoms with Crippen molar-refractivity contribution in [3.8, 4) is 11.5 Å². The van der Waals surface area contributed by atoms with Gasteiger partial charge >= 0.3 is 0 Å². The van der Waals surface area contributed by atoms with E-state index in [1.807, 2.05) is 12.1 Å². The number of rotatable bonds is 10. The second-order valence-corrected chi connectivity index (χ2v) is 5.95. The lowest BCUT2D eigenvalue weighted by atomic mass is 10.0. The van der Waals surface area contributed by atoms with Crippen molar-refractivity contribution in [1.82, 2.24) is 5.32 Å². The molecule has 5 heteroatoms. The molecular formula is C16H26BrNO3. The molecule has 0 aromatic heterocycles. The van der Waals surface area contributed by atoms with Gasteiger partial charge in [0, 0.05) is 17.6 Å². The van der Waals surface area contributed by atoms with Gasteiger partial charge in [-0.1, -0.05) is 29.3 Å². The van der Waals surface area contributed by atoms with E-state index >= 15 is 0 Å². The molecule has 0 aliphatic heterocycles. The van der Waals surface area contributed by atoms with Gasteiger partial charge in [-0.05, 0) is 43.0 Å².